The zero-order chi connectivity index (χ0) is 24.2. The minimum atomic E-state index is -4.72. The Bertz CT molecular complexity index is 972. The number of alkyl halides is 3. The van der Waals surface area contributed by atoms with Gasteiger partial charge in [0.1, 0.15) is 22.6 Å². The minimum Gasteiger partial charge on any atom is -0.611 e. The van der Waals surface area contributed by atoms with Crippen LogP contribution < -0.4 is 5.32 Å². The molecule has 1 aromatic rings. The van der Waals surface area contributed by atoms with Gasteiger partial charge in [-0.25, -0.2) is 9.98 Å². The van der Waals surface area contributed by atoms with Gasteiger partial charge in [-0.15, -0.1) is 0 Å². The molecule has 2 rings (SSSR count). The highest BCUT2D eigenvalue weighted by atomic mass is 35.5. The van der Waals surface area contributed by atoms with Crippen LogP contribution in [-0.4, -0.2) is 50.0 Å². The van der Waals surface area contributed by atoms with Crippen LogP contribution in [0.25, 0.3) is 0 Å². The smallest absolute Gasteiger partial charge is 0.409 e. The largest absolute Gasteiger partial charge is 0.611 e. The van der Waals surface area contributed by atoms with E-state index in [-0.39, 0.29) is 29.1 Å². The van der Waals surface area contributed by atoms with E-state index in [9.17, 15) is 22.5 Å². The second kappa shape index (κ2) is 10.5. The van der Waals surface area contributed by atoms with Gasteiger partial charge >= 0.3 is 6.18 Å². The molecule has 0 aromatic carbocycles. The van der Waals surface area contributed by atoms with E-state index in [4.69, 9.17) is 11.6 Å². The highest BCUT2D eigenvalue weighted by molar-refractivity contribution is 7.91. The molecule has 1 aliphatic rings. The number of carbonyl (C=O) groups is 1. The average molecular weight is 490 g/mol. The van der Waals surface area contributed by atoms with Gasteiger partial charge < -0.3 is 9.87 Å². The Morgan fingerprint density at radius 3 is 2.53 bits per heavy atom. The molecule has 0 spiro atoms. The van der Waals surface area contributed by atoms with Crippen molar-refractivity contribution >= 4 is 40.4 Å². The van der Waals surface area contributed by atoms with E-state index < -0.39 is 29.3 Å². The fourth-order valence-electron chi connectivity index (χ4n) is 2.70. The number of carbonyl (C=O) groups excluding carboxylic acids is 1. The number of amides is 1. The Morgan fingerprint density at radius 1 is 1.41 bits per heavy atom. The molecule has 0 saturated carbocycles. The van der Waals surface area contributed by atoms with Gasteiger partial charge in [-0.3, -0.25) is 14.7 Å². The molecule has 1 N–H and O–H groups in total. The van der Waals surface area contributed by atoms with E-state index in [1.807, 2.05) is 0 Å². The van der Waals surface area contributed by atoms with Crippen molar-refractivity contribution in [3.05, 3.63) is 47.0 Å². The molecule has 12 heteroatoms. The highest BCUT2D eigenvalue weighted by Crippen LogP contribution is 2.30. The second-order valence-corrected chi connectivity index (χ2v) is 9.16. The summed E-state index contributed by atoms with van der Waals surface area (Å²) in [5.74, 6) is -1.18. The van der Waals surface area contributed by atoms with Crippen LogP contribution >= 0.6 is 11.6 Å². The first-order valence-corrected chi connectivity index (χ1v) is 11.2. The second-order valence-electron chi connectivity index (χ2n) is 6.99. The molecule has 1 aromatic heterocycles. The SMILES string of the molecule is C=C(Cl)/N=C1\C(=C(C)C)N=C(NCc2ccc([S+]([O-])CC)cn2)C(=O)N1[C@@H](C)C(F)(F)F. The molecule has 0 aliphatic carbocycles. The van der Waals surface area contributed by atoms with E-state index in [0.29, 0.717) is 26.8 Å². The topological polar surface area (TPSA) is 93.0 Å². The van der Waals surface area contributed by atoms with Crippen molar-refractivity contribution in [3.63, 3.8) is 0 Å². The van der Waals surface area contributed by atoms with Crippen LogP contribution in [0.2, 0.25) is 0 Å². The standard InChI is InChI=1S/C20H23ClF3N5O2S/c1-6-32(31)15-8-7-14(25-10-15)9-26-17-19(30)29(12(4)20(22,23)24)18(27-13(5)21)16(28-17)11(2)3/h7-8,10,12H,5-6,9H2,1-4H3,(H,26,28)/b27-18+/t12-,32?/m0/s1. The summed E-state index contributed by atoms with van der Waals surface area (Å²) in [5.41, 5.74) is 1.09. The summed E-state index contributed by atoms with van der Waals surface area (Å²) in [7, 11) is 0. The fourth-order valence-corrected chi connectivity index (χ4v) is 3.51. The fraction of sp³-hybridized carbons (Fsp3) is 0.400. The average Bonchev–Trinajstić information content (AvgIpc) is 2.71. The number of hydrogen-bond acceptors (Lipinski definition) is 6. The summed E-state index contributed by atoms with van der Waals surface area (Å²) >= 11 is 4.56. The number of allylic oxidation sites excluding steroid dienone is 1. The maximum absolute atomic E-state index is 13.5. The van der Waals surface area contributed by atoms with Gasteiger partial charge in [0.2, 0.25) is 0 Å². The van der Waals surface area contributed by atoms with E-state index in [1.54, 1.807) is 32.9 Å². The lowest BCUT2D eigenvalue weighted by atomic mass is 10.1. The van der Waals surface area contributed by atoms with Crippen LogP contribution in [0.5, 0.6) is 0 Å². The predicted octanol–water partition coefficient (Wildman–Crippen LogP) is 3.89. The third-order valence-corrected chi connectivity index (χ3v) is 5.78. The molecular formula is C20H23ClF3N5O2S. The Hall–Kier alpha value is -2.37. The van der Waals surface area contributed by atoms with Crippen LogP contribution in [0.3, 0.4) is 0 Å². The van der Waals surface area contributed by atoms with Gasteiger partial charge in [0.25, 0.3) is 5.91 Å². The molecular weight excluding hydrogens is 467 g/mol. The van der Waals surface area contributed by atoms with Crippen molar-refractivity contribution in [2.45, 2.75) is 51.4 Å². The zero-order valence-electron chi connectivity index (χ0n) is 18.0. The lowest BCUT2D eigenvalue weighted by molar-refractivity contribution is -0.173. The van der Waals surface area contributed by atoms with Gasteiger partial charge in [-0.05, 0) is 56.6 Å². The monoisotopic (exact) mass is 489 g/mol. The summed E-state index contributed by atoms with van der Waals surface area (Å²) in [5, 5.41) is 2.47. The highest BCUT2D eigenvalue weighted by Gasteiger charge is 2.47. The third-order valence-electron chi connectivity index (χ3n) is 4.41. The first-order chi connectivity index (χ1) is 14.9. The molecule has 2 heterocycles. The molecule has 1 aliphatic heterocycles. The van der Waals surface area contributed by atoms with E-state index >= 15 is 0 Å². The summed E-state index contributed by atoms with van der Waals surface area (Å²) in [6.07, 6.45) is -3.26. The maximum atomic E-state index is 13.5. The number of halogens is 4. The normalized spacial score (nSPS) is 17.8. The summed E-state index contributed by atoms with van der Waals surface area (Å²) in [4.78, 5) is 26.3. The Morgan fingerprint density at radius 2 is 2.06 bits per heavy atom. The Labute approximate surface area is 192 Å². The first-order valence-electron chi connectivity index (χ1n) is 9.53. The minimum absolute atomic E-state index is 0.0165. The molecule has 0 fully saturated rings. The van der Waals surface area contributed by atoms with Crippen molar-refractivity contribution in [3.8, 4) is 0 Å². The Balaban J connectivity index is 2.41. The maximum Gasteiger partial charge on any atom is 0.409 e. The number of nitrogens with one attached hydrogen (secondary N) is 1. The quantitative estimate of drug-likeness (QED) is 0.484. The molecule has 174 valence electrons. The zero-order valence-corrected chi connectivity index (χ0v) is 19.5. The summed E-state index contributed by atoms with van der Waals surface area (Å²) in [6, 6.07) is 1.07. The van der Waals surface area contributed by atoms with Crippen LogP contribution in [0.1, 0.15) is 33.4 Å². The summed E-state index contributed by atoms with van der Waals surface area (Å²) < 4.78 is 52.4. The first kappa shape index (κ1) is 25.9. The van der Waals surface area contributed by atoms with Crippen molar-refractivity contribution < 1.29 is 22.5 Å². The van der Waals surface area contributed by atoms with Crippen molar-refractivity contribution in [2.75, 3.05) is 5.75 Å². The molecule has 7 nitrogen and oxygen atoms in total. The number of rotatable bonds is 6. The van der Waals surface area contributed by atoms with Crippen molar-refractivity contribution in [2.24, 2.45) is 9.98 Å². The van der Waals surface area contributed by atoms with Crippen LogP contribution in [0, 0.1) is 0 Å². The Kier molecular flexibility index (Phi) is 8.49. The van der Waals surface area contributed by atoms with Gasteiger partial charge in [0.15, 0.2) is 16.6 Å². The third kappa shape index (κ3) is 6.11. The van der Waals surface area contributed by atoms with E-state index in [2.05, 4.69) is 26.9 Å². The van der Waals surface area contributed by atoms with Crippen LogP contribution in [-0.2, 0) is 22.5 Å². The van der Waals surface area contributed by atoms with Gasteiger partial charge in [-0.1, -0.05) is 18.2 Å². The lowest BCUT2D eigenvalue weighted by Crippen LogP contribution is -2.57. The predicted molar refractivity (Wildman–Crippen MR) is 119 cm³/mol. The molecule has 1 amide bonds. The van der Waals surface area contributed by atoms with E-state index in [0.717, 1.165) is 6.92 Å². The van der Waals surface area contributed by atoms with Crippen LogP contribution in [0.4, 0.5) is 13.2 Å². The number of aliphatic imine (C=N–C) groups is 2. The molecule has 0 saturated heterocycles. The van der Waals surface area contributed by atoms with Gasteiger partial charge in [0, 0.05) is 0 Å². The van der Waals surface area contributed by atoms with E-state index in [1.165, 1.54) is 6.20 Å². The van der Waals surface area contributed by atoms with Gasteiger partial charge in [-0.2, -0.15) is 13.2 Å². The number of pyridine rings is 1. The van der Waals surface area contributed by atoms with Crippen molar-refractivity contribution in [1.29, 1.82) is 0 Å². The number of amidine groups is 2. The molecule has 0 bridgehead atoms. The number of hydrogen-bond donors (Lipinski definition) is 1. The summed E-state index contributed by atoms with van der Waals surface area (Å²) in [6.45, 7) is 9.29. The van der Waals surface area contributed by atoms with Gasteiger partial charge in [0.05, 0.1) is 18.4 Å². The van der Waals surface area contributed by atoms with Crippen molar-refractivity contribution in [1.82, 2.24) is 15.2 Å². The molecule has 2 atom stereocenters. The number of nitrogens with zero attached hydrogens (tertiary/aromatic N) is 4. The molecule has 0 radical (unpaired) electrons. The molecule has 32 heavy (non-hydrogen) atoms. The molecule has 1 unspecified atom stereocenters. The van der Waals surface area contributed by atoms with Crippen LogP contribution in [0.15, 0.2) is 56.2 Å². The number of aromatic nitrogens is 1. The lowest BCUT2D eigenvalue weighted by Gasteiger charge is -2.35.